The summed E-state index contributed by atoms with van der Waals surface area (Å²) in [6, 6.07) is 7.72. The lowest BCUT2D eigenvalue weighted by molar-refractivity contribution is -0.121. The average Bonchev–Trinajstić information content (AvgIpc) is 2.38. The maximum Gasteiger partial charge on any atom is 0.244 e. The summed E-state index contributed by atoms with van der Waals surface area (Å²) < 4.78 is 0.918. The maximum absolute atomic E-state index is 12.3. The van der Waals surface area contributed by atoms with Gasteiger partial charge in [0.05, 0.1) is 16.7 Å². The van der Waals surface area contributed by atoms with Crippen LogP contribution >= 0.6 is 15.9 Å². The van der Waals surface area contributed by atoms with E-state index in [2.05, 4.69) is 31.5 Å². The number of likely N-dealkylation sites (N-methyl/N-ethyl adjacent to an activating group) is 1. The third-order valence-corrected chi connectivity index (χ3v) is 3.55. The Bertz CT molecular complexity index is 640. The molecule has 0 aliphatic carbocycles. The molecule has 2 aromatic rings. The smallest absolute Gasteiger partial charge is 0.244 e. The van der Waals surface area contributed by atoms with Crippen LogP contribution in [0.4, 0.5) is 5.69 Å². The predicted octanol–water partition coefficient (Wildman–Crippen LogP) is 3.32. The van der Waals surface area contributed by atoms with E-state index in [1.165, 1.54) is 0 Å². The minimum Gasteiger partial charge on any atom is -0.323 e. The van der Waals surface area contributed by atoms with Gasteiger partial charge in [0.1, 0.15) is 0 Å². The fourth-order valence-electron chi connectivity index (χ4n) is 2.04. The minimum atomic E-state index is -0.619. The number of nitrogens with one attached hydrogen (secondary N) is 2. The Morgan fingerprint density at radius 3 is 2.85 bits per heavy atom. The largest absolute Gasteiger partial charge is 0.323 e. The van der Waals surface area contributed by atoms with Crippen LogP contribution in [0.5, 0.6) is 0 Å². The Hall–Kier alpha value is -1.46. The van der Waals surface area contributed by atoms with Gasteiger partial charge in [0.25, 0.3) is 0 Å². The van der Waals surface area contributed by atoms with Crippen molar-refractivity contribution in [3.63, 3.8) is 0 Å². The SMILES string of the molecule is CCNC(C)(C)C(=O)Nc1cccc2cc(Br)cnc12. The van der Waals surface area contributed by atoms with E-state index in [0.29, 0.717) is 0 Å². The molecule has 0 radical (unpaired) electrons. The predicted molar refractivity (Wildman–Crippen MR) is 85.8 cm³/mol. The Morgan fingerprint density at radius 2 is 2.15 bits per heavy atom. The molecule has 0 fully saturated rings. The lowest BCUT2D eigenvalue weighted by Gasteiger charge is -2.24. The van der Waals surface area contributed by atoms with E-state index in [1.807, 2.05) is 45.0 Å². The summed E-state index contributed by atoms with van der Waals surface area (Å²) in [6.45, 7) is 6.44. The molecule has 1 aromatic heterocycles. The van der Waals surface area contributed by atoms with Crippen LogP contribution in [0, 0.1) is 0 Å². The fourth-order valence-corrected chi connectivity index (χ4v) is 2.38. The molecule has 0 spiro atoms. The van der Waals surface area contributed by atoms with Crippen molar-refractivity contribution in [2.24, 2.45) is 0 Å². The van der Waals surface area contributed by atoms with Crippen molar-refractivity contribution in [2.75, 3.05) is 11.9 Å². The topological polar surface area (TPSA) is 54.0 Å². The lowest BCUT2D eigenvalue weighted by Crippen LogP contribution is -2.49. The summed E-state index contributed by atoms with van der Waals surface area (Å²) in [5.41, 5.74) is 0.897. The molecule has 2 rings (SSSR count). The quantitative estimate of drug-likeness (QED) is 0.901. The number of hydrogen-bond donors (Lipinski definition) is 2. The molecule has 2 N–H and O–H groups in total. The molecule has 0 saturated heterocycles. The number of amides is 1. The number of halogens is 1. The first-order chi connectivity index (χ1) is 9.44. The van der Waals surface area contributed by atoms with Gasteiger partial charge in [0.2, 0.25) is 5.91 Å². The standard InChI is InChI=1S/C15H18BrN3O/c1-4-18-15(2,3)14(20)19-12-7-5-6-10-8-11(16)9-17-13(10)12/h5-9,18H,4H2,1-3H3,(H,19,20). The zero-order valence-corrected chi connectivity index (χ0v) is 13.4. The van der Waals surface area contributed by atoms with Crippen LogP contribution in [-0.4, -0.2) is 23.0 Å². The molecule has 0 unspecified atom stereocenters. The Kier molecular flexibility index (Phi) is 4.40. The van der Waals surface area contributed by atoms with Crippen molar-refractivity contribution in [2.45, 2.75) is 26.3 Å². The highest BCUT2D eigenvalue weighted by molar-refractivity contribution is 9.10. The highest BCUT2D eigenvalue weighted by Crippen LogP contribution is 2.24. The van der Waals surface area contributed by atoms with E-state index < -0.39 is 5.54 Å². The van der Waals surface area contributed by atoms with Crippen molar-refractivity contribution in [3.8, 4) is 0 Å². The van der Waals surface area contributed by atoms with Crippen LogP contribution in [0.3, 0.4) is 0 Å². The van der Waals surface area contributed by atoms with Crippen molar-refractivity contribution in [3.05, 3.63) is 34.9 Å². The first kappa shape index (κ1) is 14.9. The number of carbonyl (C=O) groups is 1. The van der Waals surface area contributed by atoms with Crippen molar-refractivity contribution >= 4 is 38.4 Å². The van der Waals surface area contributed by atoms with Gasteiger partial charge in [-0.15, -0.1) is 0 Å². The normalized spacial score (nSPS) is 11.6. The van der Waals surface area contributed by atoms with Crippen molar-refractivity contribution in [1.82, 2.24) is 10.3 Å². The number of para-hydroxylation sites is 1. The highest BCUT2D eigenvalue weighted by Gasteiger charge is 2.26. The molecule has 4 nitrogen and oxygen atoms in total. The number of hydrogen-bond acceptors (Lipinski definition) is 3. The number of anilines is 1. The van der Waals surface area contributed by atoms with Crippen LogP contribution in [0.25, 0.3) is 10.9 Å². The van der Waals surface area contributed by atoms with E-state index in [1.54, 1.807) is 6.20 Å². The van der Waals surface area contributed by atoms with E-state index in [-0.39, 0.29) is 5.91 Å². The van der Waals surface area contributed by atoms with Gasteiger partial charge in [-0.05, 0) is 48.5 Å². The van der Waals surface area contributed by atoms with Gasteiger partial charge in [-0.25, -0.2) is 0 Å². The Balaban J connectivity index is 2.32. The third-order valence-electron chi connectivity index (χ3n) is 3.11. The first-order valence-electron chi connectivity index (χ1n) is 6.55. The molecule has 0 aliphatic rings. The summed E-state index contributed by atoms with van der Waals surface area (Å²) in [4.78, 5) is 16.7. The number of rotatable bonds is 4. The number of pyridine rings is 1. The van der Waals surface area contributed by atoms with Crippen LogP contribution < -0.4 is 10.6 Å². The molecular formula is C15H18BrN3O. The maximum atomic E-state index is 12.3. The molecule has 1 heterocycles. The summed E-state index contributed by atoms with van der Waals surface area (Å²) in [6.07, 6.45) is 1.73. The van der Waals surface area contributed by atoms with Crippen molar-refractivity contribution < 1.29 is 4.79 Å². The van der Waals surface area contributed by atoms with Gasteiger partial charge in [-0.3, -0.25) is 9.78 Å². The second kappa shape index (κ2) is 5.89. The van der Waals surface area contributed by atoms with Crippen molar-refractivity contribution in [1.29, 1.82) is 0 Å². The monoisotopic (exact) mass is 335 g/mol. The van der Waals surface area contributed by atoms with Crippen LogP contribution in [0.1, 0.15) is 20.8 Å². The molecule has 0 aliphatic heterocycles. The molecule has 0 atom stereocenters. The molecule has 0 saturated carbocycles. The summed E-state index contributed by atoms with van der Waals surface area (Å²) in [5.74, 6) is -0.0726. The van der Waals surface area contributed by atoms with Gasteiger partial charge >= 0.3 is 0 Å². The number of fused-ring (bicyclic) bond motifs is 1. The lowest BCUT2D eigenvalue weighted by atomic mass is 10.0. The number of aromatic nitrogens is 1. The third kappa shape index (κ3) is 3.16. The second-order valence-corrected chi connectivity index (χ2v) is 6.06. The molecule has 0 bridgehead atoms. The molecule has 1 aromatic carbocycles. The molecule has 20 heavy (non-hydrogen) atoms. The first-order valence-corrected chi connectivity index (χ1v) is 7.34. The number of carbonyl (C=O) groups excluding carboxylic acids is 1. The van der Waals surface area contributed by atoms with Gasteiger partial charge < -0.3 is 10.6 Å². The Morgan fingerprint density at radius 1 is 1.40 bits per heavy atom. The molecule has 5 heteroatoms. The van der Waals surface area contributed by atoms with Gasteiger partial charge in [-0.1, -0.05) is 19.1 Å². The van der Waals surface area contributed by atoms with E-state index in [9.17, 15) is 4.79 Å². The summed E-state index contributed by atoms with van der Waals surface area (Å²) in [5, 5.41) is 7.09. The zero-order chi connectivity index (χ0) is 14.8. The average molecular weight is 336 g/mol. The van der Waals surface area contributed by atoms with Gasteiger partial charge in [0.15, 0.2) is 0 Å². The minimum absolute atomic E-state index is 0.0726. The number of nitrogens with zero attached hydrogens (tertiary/aromatic N) is 1. The van der Waals surface area contributed by atoms with E-state index in [0.717, 1.165) is 27.6 Å². The van der Waals surface area contributed by atoms with Gasteiger partial charge in [0, 0.05) is 16.1 Å². The fraction of sp³-hybridized carbons (Fsp3) is 0.333. The second-order valence-electron chi connectivity index (χ2n) is 5.14. The van der Waals surface area contributed by atoms with Crippen LogP contribution in [-0.2, 0) is 4.79 Å². The Labute approximate surface area is 127 Å². The zero-order valence-electron chi connectivity index (χ0n) is 11.8. The summed E-state index contributed by atoms with van der Waals surface area (Å²) >= 11 is 3.40. The van der Waals surface area contributed by atoms with Crippen LogP contribution in [0.2, 0.25) is 0 Å². The highest BCUT2D eigenvalue weighted by atomic mass is 79.9. The number of benzene rings is 1. The molecular weight excluding hydrogens is 318 g/mol. The summed E-state index contributed by atoms with van der Waals surface area (Å²) in [7, 11) is 0. The molecule has 1 amide bonds. The van der Waals surface area contributed by atoms with E-state index >= 15 is 0 Å². The van der Waals surface area contributed by atoms with E-state index in [4.69, 9.17) is 0 Å². The molecule has 106 valence electrons. The van der Waals surface area contributed by atoms with Gasteiger partial charge in [-0.2, -0.15) is 0 Å². The van der Waals surface area contributed by atoms with Crippen LogP contribution in [0.15, 0.2) is 34.9 Å².